The largest absolute Gasteiger partial charge is 0.327 e. The van der Waals surface area contributed by atoms with E-state index in [0.29, 0.717) is 11.5 Å². The monoisotopic (exact) mass is 277 g/mol. The Balaban J connectivity index is 0.00000110. The molecular formula is C17H24ClN. The minimum atomic E-state index is 0. The summed E-state index contributed by atoms with van der Waals surface area (Å²) in [6.45, 7) is 0. The zero-order chi connectivity index (χ0) is 12.2. The molecule has 104 valence electrons. The van der Waals surface area contributed by atoms with Crippen molar-refractivity contribution in [3.8, 4) is 0 Å². The number of benzene rings is 1. The van der Waals surface area contributed by atoms with Crippen LogP contribution in [0.5, 0.6) is 0 Å². The van der Waals surface area contributed by atoms with Gasteiger partial charge in [0.25, 0.3) is 0 Å². The molecule has 4 aliphatic carbocycles. The van der Waals surface area contributed by atoms with Gasteiger partial charge in [-0.1, -0.05) is 30.3 Å². The van der Waals surface area contributed by atoms with Crippen molar-refractivity contribution in [2.75, 3.05) is 0 Å². The fourth-order valence-corrected chi connectivity index (χ4v) is 5.51. The summed E-state index contributed by atoms with van der Waals surface area (Å²) in [5.41, 5.74) is 8.59. The summed E-state index contributed by atoms with van der Waals surface area (Å²) in [7, 11) is 0. The Morgan fingerprint density at radius 3 is 2.26 bits per heavy atom. The molecule has 4 saturated carbocycles. The van der Waals surface area contributed by atoms with Gasteiger partial charge in [0.1, 0.15) is 0 Å². The molecule has 0 saturated heterocycles. The van der Waals surface area contributed by atoms with Gasteiger partial charge in [-0.3, -0.25) is 0 Å². The summed E-state index contributed by atoms with van der Waals surface area (Å²) in [6, 6.07) is 11.5. The van der Waals surface area contributed by atoms with Crippen molar-refractivity contribution in [2.45, 2.75) is 44.6 Å². The first kappa shape index (κ1) is 13.5. The van der Waals surface area contributed by atoms with Gasteiger partial charge in [-0.2, -0.15) is 0 Å². The van der Waals surface area contributed by atoms with Crippen molar-refractivity contribution in [1.82, 2.24) is 0 Å². The minimum Gasteiger partial charge on any atom is -0.327 e. The van der Waals surface area contributed by atoms with Crippen molar-refractivity contribution >= 4 is 12.4 Å². The lowest BCUT2D eigenvalue weighted by molar-refractivity contribution is -0.0714. The molecule has 3 atom stereocenters. The van der Waals surface area contributed by atoms with E-state index in [0.717, 1.165) is 17.8 Å². The van der Waals surface area contributed by atoms with Crippen LogP contribution in [0.4, 0.5) is 0 Å². The molecule has 1 aromatic rings. The Hall–Kier alpha value is -0.530. The van der Waals surface area contributed by atoms with Crippen LogP contribution >= 0.6 is 12.4 Å². The predicted molar refractivity (Wildman–Crippen MR) is 81.4 cm³/mol. The molecule has 19 heavy (non-hydrogen) atoms. The van der Waals surface area contributed by atoms with Gasteiger partial charge in [0.05, 0.1) is 0 Å². The summed E-state index contributed by atoms with van der Waals surface area (Å²) >= 11 is 0. The highest BCUT2D eigenvalue weighted by molar-refractivity contribution is 5.85. The molecule has 4 bridgehead atoms. The maximum absolute atomic E-state index is 6.65. The van der Waals surface area contributed by atoms with Crippen LogP contribution in [0.3, 0.4) is 0 Å². The van der Waals surface area contributed by atoms with Crippen molar-refractivity contribution in [3.05, 3.63) is 35.9 Å². The Morgan fingerprint density at radius 1 is 1.00 bits per heavy atom. The lowest BCUT2D eigenvalue weighted by atomic mass is 9.46. The summed E-state index contributed by atoms with van der Waals surface area (Å²) in [5, 5.41) is 0. The maximum atomic E-state index is 6.65. The SMILES string of the molecule is Cl.NC1C2CC3CC(C2)CC1(Cc1ccccc1)C3. The van der Waals surface area contributed by atoms with E-state index in [1.807, 2.05) is 0 Å². The molecular weight excluding hydrogens is 254 g/mol. The van der Waals surface area contributed by atoms with Crippen molar-refractivity contribution in [3.63, 3.8) is 0 Å². The van der Waals surface area contributed by atoms with E-state index in [-0.39, 0.29) is 12.4 Å². The van der Waals surface area contributed by atoms with Gasteiger partial charge in [0.2, 0.25) is 0 Å². The molecule has 2 heteroatoms. The van der Waals surface area contributed by atoms with Crippen molar-refractivity contribution in [2.24, 2.45) is 28.9 Å². The van der Waals surface area contributed by atoms with Crippen LogP contribution in [0.2, 0.25) is 0 Å². The van der Waals surface area contributed by atoms with Crippen molar-refractivity contribution < 1.29 is 0 Å². The first-order valence-electron chi connectivity index (χ1n) is 7.55. The standard InChI is InChI=1S/C17H23N.ClH/c18-16-15-7-13-6-14(8-15)11-17(16,10-13)9-12-4-2-1-3-5-12;/h1-5,13-16H,6-11,18H2;1H. The fourth-order valence-electron chi connectivity index (χ4n) is 5.51. The van der Waals surface area contributed by atoms with Gasteiger partial charge in [0.15, 0.2) is 0 Å². The van der Waals surface area contributed by atoms with E-state index in [1.165, 1.54) is 44.1 Å². The average Bonchev–Trinajstić information content (AvgIpc) is 2.36. The van der Waals surface area contributed by atoms with Gasteiger partial charge in [-0.15, -0.1) is 12.4 Å². The number of rotatable bonds is 2. The zero-order valence-electron chi connectivity index (χ0n) is 11.4. The van der Waals surface area contributed by atoms with Gasteiger partial charge in [-0.05, 0) is 67.3 Å². The highest BCUT2D eigenvalue weighted by Crippen LogP contribution is 2.60. The summed E-state index contributed by atoms with van der Waals surface area (Å²) in [4.78, 5) is 0. The third-order valence-electron chi connectivity index (χ3n) is 5.94. The van der Waals surface area contributed by atoms with Gasteiger partial charge < -0.3 is 5.73 Å². The average molecular weight is 278 g/mol. The van der Waals surface area contributed by atoms with Gasteiger partial charge >= 0.3 is 0 Å². The second-order valence-corrected chi connectivity index (χ2v) is 7.16. The molecule has 5 rings (SSSR count). The van der Waals surface area contributed by atoms with Crippen LogP contribution in [0, 0.1) is 23.2 Å². The van der Waals surface area contributed by atoms with E-state index in [9.17, 15) is 0 Å². The van der Waals surface area contributed by atoms with Crippen LogP contribution in [-0.4, -0.2) is 6.04 Å². The molecule has 0 spiro atoms. The van der Waals surface area contributed by atoms with Gasteiger partial charge in [-0.25, -0.2) is 0 Å². The second kappa shape index (κ2) is 4.79. The van der Waals surface area contributed by atoms with E-state index in [2.05, 4.69) is 30.3 Å². The smallest absolute Gasteiger partial charge is 0.0128 e. The van der Waals surface area contributed by atoms with Crippen LogP contribution in [0.25, 0.3) is 0 Å². The molecule has 1 nitrogen and oxygen atoms in total. The highest BCUT2D eigenvalue weighted by atomic mass is 35.5. The topological polar surface area (TPSA) is 26.0 Å². The molecule has 0 radical (unpaired) electrons. The van der Waals surface area contributed by atoms with Crippen LogP contribution in [-0.2, 0) is 6.42 Å². The molecule has 2 N–H and O–H groups in total. The van der Waals surface area contributed by atoms with Crippen LogP contribution < -0.4 is 5.73 Å². The quantitative estimate of drug-likeness (QED) is 0.874. The van der Waals surface area contributed by atoms with E-state index in [1.54, 1.807) is 0 Å². The number of nitrogens with two attached hydrogens (primary N) is 1. The zero-order valence-corrected chi connectivity index (χ0v) is 12.2. The van der Waals surface area contributed by atoms with E-state index in [4.69, 9.17) is 5.73 Å². The van der Waals surface area contributed by atoms with Crippen LogP contribution in [0.1, 0.15) is 37.7 Å². The summed E-state index contributed by atoms with van der Waals surface area (Å²) in [5.74, 6) is 2.82. The van der Waals surface area contributed by atoms with E-state index < -0.39 is 0 Å². The molecule has 4 fully saturated rings. The Morgan fingerprint density at radius 2 is 1.63 bits per heavy atom. The fraction of sp³-hybridized carbons (Fsp3) is 0.647. The minimum absolute atomic E-state index is 0. The second-order valence-electron chi connectivity index (χ2n) is 7.16. The molecule has 3 unspecified atom stereocenters. The lowest BCUT2D eigenvalue weighted by Gasteiger charge is -2.60. The molecule has 0 aliphatic heterocycles. The summed E-state index contributed by atoms with van der Waals surface area (Å²) in [6.07, 6.45) is 8.37. The Labute approximate surface area is 122 Å². The normalized spacial score (nSPS) is 43.0. The third kappa shape index (κ3) is 2.11. The summed E-state index contributed by atoms with van der Waals surface area (Å²) < 4.78 is 0. The first-order chi connectivity index (χ1) is 8.75. The molecule has 1 aromatic carbocycles. The predicted octanol–water partition coefficient (Wildman–Crippen LogP) is 3.80. The highest BCUT2D eigenvalue weighted by Gasteiger charge is 2.55. The lowest BCUT2D eigenvalue weighted by Crippen LogP contribution is -2.60. The number of halogens is 1. The molecule has 0 aromatic heterocycles. The Kier molecular flexibility index (Phi) is 3.39. The molecule has 4 aliphatic rings. The van der Waals surface area contributed by atoms with E-state index >= 15 is 0 Å². The Bertz CT molecular complexity index is 430. The number of hydrogen-bond acceptors (Lipinski definition) is 1. The third-order valence-corrected chi connectivity index (χ3v) is 5.94. The number of hydrogen-bond donors (Lipinski definition) is 1. The van der Waals surface area contributed by atoms with Crippen LogP contribution in [0.15, 0.2) is 30.3 Å². The van der Waals surface area contributed by atoms with Crippen molar-refractivity contribution in [1.29, 1.82) is 0 Å². The maximum Gasteiger partial charge on any atom is 0.0128 e. The molecule has 0 amide bonds. The molecule has 0 heterocycles. The van der Waals surface area contributed by atoms with Gasteiger partial charge in [0, 0.05) is 6.04 Å². The first-order valence-corrected chi connectivity index (χ1v) is 7.55.